The molecular formula is C25H19N5OS2. The molecule has 3 heterocycles. The highest BCUT2D eigenvalue weighted by Gasteiger charge is 2.14. The predicted octanol–water partition coefficient (Wildman–Crippen LogP) is 6.30. The van der Waals surface area contributed by atoms with Crippen molar-refractivity contribution in [1.29, 1.82) is 0 Å². The Kier molecular flexibility index (Phi) is 6.01. The van der Waals surface area contributed by atoms with Crippen molar-refractivity contribution in [3.8, 4) is 0 Å². The molecule has 5 rings (SSSR count). The maximum atomic E-state index is 12.9. The van der Waals surface area contributed by atoms with Crippen molar-refractivity contribution in [3.63, 3.8) is 0 Å². The highest BCUT2D eigenvalue weighted by molar-refractivity contribution is 7.99. The number of benzene rings is 2. The van der Waals surface area contributed by atoms with Crippen molar-refractivity contribution in [2.45, 2.75) is 16.7 Å². The number of carbonyl (C=O) groups is 1. The van der Waals surface area contributed by atoms with Crippen LogP contribution in [0.4, 0.5) is 5.00 Å². The minimum absolute atomic E-state index is 0.147. The molecule has 1 amide bonds. The van der Waals surface area contributed by atoms with E-state index in [4.69, 9.17) is 0 Å². The SMILES string of the molecule is Cc1cc(NC(=O)c2ccccc2Sc2ccc3c(/C=C/c4ccccn4)n[nH]c3c2)sn1. The summed E-state index contributed by atoms with van der Waals surface area (Å²) in [5.41, 5.74) is 4.18. The van der Waals surface area contributed by atoms with Gasteiger partial charge in [-0.3, -0.25) is 14.9 Å². The van der Waals surface area contributed by atoms with Crippen LogP contribution in [0.15, 0.2) is 82.7 Å². The number of nitrogens with zero attached hydrogens (tertiary/aromatic N) is 3. The van der Waals surface area contributed by atoms with Crippen molar-refractivity contribution in [3.05, 3.63) is 95.6 Å². The Labute approximate surface area is 199 Å². The van der Waals surface area contributed by atoms with Crippen molar-refractivity contribution < 1.29 is 4.79 Å². The van der Waals surface area contributed by atoms with Crippen LogP contribution in [-0.4, -0.2) is 25.5 Å². The van der Waals surface area contributed by atoms with Gasteiger partial charge in [0.1, 0.15) is 5.00 Å². The fourth-order valence-corrected chi connectivity index (χ4v) is 4.96. The number of pyridine rings is 1. The molecule has 0 fully saturated rings. The third-order valence-corrected chi connectivity index (χ3v) is 6.75. The minimum atomic E-state index is -0.147. The zero-order valence-corrected chi connectivity index (χ0v) is 19.3. The predicted molar refractivity (Wildman–Crippen MR) is 135 cm³/mol. The van der Waals surface area contributed by atoms with Crippen molar-refractivity contribution in [2.24, 2.45) is 0 Å². The van der Waals surface area contributed by atoms with E-state index in [-0.39, 0.29) is 5.91 Å². The molecule has 5 aromatic rings. The van der Waals surface area contributed by atoms with E-state index in [9.17, 15) is 4.79 Å². The molecule has 0 saturated carbocycles. The lowest BCUT2D eigenvalue weighted by Gasteiger charge is -2.09. The molecule has 162 valence electrons. The molecule has 6 nitrogen and oxygen atoms in total. The van der Waals surface area contributed by atoms with Gasteiger partial charge >= 0.3 is 0 Å². The fourth-order valence-electron chi connectivity index (χ4n) is 3.32. The summed E-state index contributed by atoms with van der Waals surface area (Å²) in [6, 6.07) is 21.4. The average molecular weight is 470 g/mol. The number of fused-ring (bicyclic) bond motifs is 1. The van der Waals surface area contributed by atoms with Gasteiger partial charge in [-0.1, -0.05) is 30.0 Å². The van der Waals surface area contributed by atoms with Crippen molar-refractivity contribution in [2.75, 3.05) is 5.32 Å². The maximum Gasteiger partial charge on any atom is 0.257 e. The summed E-state index contributed by atoms with van der Waals surface area (Å²) >= 11 is 2.82. The average Bonchev–Trinajstić information content (AvgIpc) is 3.44. The van der Waals surface area contributed by atoms with Gasteiger partial charge in [0.25, 0.3) is 5.91 Å². The molecule has 8 heteroatoms. The van der Waals surface area contributed by atoms with Crippen LogP contribution in [0.25, 0.3) is 23.1 Å². The van der Waals surface area contributed by atoms with Gasteiger partial charge in [-0.15, -0.1) is 0 Å². The Balaban J connectivity index is 1.37. The number of nitrogens with one attached hydrogen (secondary N) is 2. The molecule has 2 N–H and O–H groups in total. The van der Waals surface area contributed by atoms with E-state index in [1.807, 2.05) is 85.8 Å². The summed E-state index contributed by atoms with van der Waals surface area (Å²) in [5.74, 6) is -0.147. The van der Waals surface area contributed by atoms with Gasteiger partial charge in [0.15, 0.2) is 0 Å². The number of amides is 1. The fraction of sp³-hybridized carbons (Fsp3) is 0.0400. The van der Waals surface area contributed by atoms with Crippen LogP contribution in [0, 0.1) is 6.92 Å². The Hall–Kier alpha value is -3.75. The second-order valence-electron chi connectivity index (χ2n) is 7.29. The molecule has 3 aromatic heterocycles. The van der Waals surface area contributed by atoms with Gasteiger partial charge in [0.05, 0.1) is 28.2 Å². The first-order valence-corrected chi connectivity index (χ1v) is 11.8. The van der Waals surface area contributed by atoms with E-state index in [1.54, 1.807) is 18.0 Å². The minimum Gasteiger partial charge on any atom is -0.312 e. The zero-order chi connectivity index (χ0) is 22.6. The number of aromatic nitrogens is 4. The molecule has 0 spiro atoms. The monoisotopic (exact) mass is 469 g/mol. The second kappa shape index (κ2) is 9.40. The van der Waals surface area contributed by atoms with Gasteiger partial charge in [-0.25, -0.2) is 0 Å². The quantitative estimate of drug-likeness (QED) is 0.305. The van der Waals surface area contributed by atoms with Crippen LogP contribution in [0.5, 0.6) is 0 Å². The molecule has 0 aliphatic heterocycles. The number of hydrogen-bond donors (Lipinski definition) is 2. The van der Waals surface area contributed by atoms with Crippen molar-refractivity contribution in [1.82, 2.24) is 19.6 Å². The van der Waals surface area contributed by atoms with Crippen LogP contribution in [0.1, 0.15) is 27.4 Å². The normalized spacial score (nSPS) is 11.3. The highest BCUT2D eigenvalue weighted by atomic mass is 32.2. The first kappa shape index (κ1) is 21.1. The summed E-state index contributed by atoms with van der Waals surface area (Å²) in [4.78, 5) is 19.1. The third-order valence-electron chi connectivity index (χ3n) is 4.89. The van der Waals surface area contributed by atoms with E-state index in [2.05, 4.69) is 24.9 Å². The highest BCUT2D eigenvalue weighted by Crippen LogP contribution is 2.33. The molecule has 0 unspecified atom stereocenters. The summed E-state index contributed by atoms with van der Waals surface area (Å²) in [6.45, 7) is 1.90. The first-order valence-electron chi connectivity index (χ1n) is 10.2. The number of anilines is 1. The second-order valence-corrected chi connectivity index (χ2v) is 9.21. The van der Waals surface area contributed by atoms with Gasteiger partial charge in [0.2, 0.25) is 0 Å². The molecule has 0 atom stereocenters. The Morgan fingerprint density at radius 2 is 1.94 bits per heavy atom. The molecule has 33 heavy (non-hydrogen) atoms. The van der Waals surface area contributed by atoms with E-state index in [0.717, 1.165) is 42.8 Å². The lowest BCUT2D eigenvalue weighted by molar-refractivity contribution is 0.102. The molecule has 0 aliphatic rings. The molecular weight excluding hydrogens is 450 g/mol. The lowest BCUT2D eigenvalue weighted by Crippen LogP contribution is -2.11. The zero-order valence-electron chi connectivity index (χ0n) is 17.6. The van der Waals surface area contributed by atoms with Crippen LogP contribution in [0.2, 0.25) is 0 Å². The number of rotatable bonds is 6. The molecule has 0 aliphatic carbocycles. The Bertz CT molecular complexity index is 1460. The summed E-state index contributed by atoms with van der Waals surface area (Å²) in [6.07, 6.45) is 5.66. The van der Waals surface area contributed by atoms with Crippen LogP contribution >= 0.6 is 23.3 Å². The Morgan fingerprint density at radius 1 is 1.06 bits per heavy atom. The molecule has 0 saturated heterocycles. The van der Waals surface area contributed by atoms with Gasteiger partial charge in [-0.2, -0.15) is 9.47 Å². The van der Waals surface area contributed by atoms with E-state index in [0.29, 0.717) is 5.56 Å². The van der Waals surface area contributed by atoms with E-state index < -0.39 is 0 Å². The van der Waals surface area contributed by atoms with Crippen LogP contribution < -0.4 is 5.32 Å². The topological polar surface area (TPSA) is 83.6 Å². The summed E-state index contributed by atoms with van der Waals surface area (Å²) in [7, 11) is 0. The van der Waals surface area contributed by atoms with E-state index >= 15 is 0 Å². The van der Waals surface area contributed by atoms with Crippen LogP contribution in [-0.2, 0) is 0 Å². The largest absolute Gasteiger partial charge is 0.312 e. The van der Waals surface area contributed by atoms with Gasteiger partial charge in [-0.05, 0) is 79.1 Å². The molecule has 0 bridgehead atoms. The van der Waals surface area contributed by atoms with Gasteiger partial charge in [0, 0.05) is 21.4 Å². The first-order chi connectivity index (χ1) is 16.2. The van der Waals surface area contributed by atoms with Gasteiger partial charge < -0.3 is 5.32 Å². The Morgan fingerprint density at radius 3 is 2.76 bits per heavy atom. The number of H-pyrrole nitrogens is 1. The van der Waals surface area contributed by atoms with Crippen molar-refractivity contribution >= 4 is 57.3 Å². The summed E-state index contributed by atoms with van der Waals surface area (Å²) in [5, 5.41) is 12.2. The smallest absolute Gasteiger partial charge is 0.257 e. The summed E-state index contributed by atoms with van der Waals surface area (Å²) < 4.78 is 4.22. The number of aryl methyl sites for hydroxylation is 1. The molecule has 0 radical (unpaired) electrons. The third kappa shape index (κ3) is 4.87. The molecule has 2 aromatic carbocycles. The van der Waals surface area contributed by atoms with E-state index in [1.165, 1.54) is 11.5 Å². The maximum absolute atomic E-state index is 12.9. The number of carbonyl (C=O) groups excluding carboxylic acids is 1. The van der Waals surface area contributed by atoms with Crippen LogP contribution in [0.3, 0.4) is 0 Å². The standard InChI is InChI=1S/C25H19N5OS2/c1-16-14-24(33-30-16)27-25(31)20-7-2-3-8-23(20)32-18-10-11-19-21(28-29-22(19)15-18)12-9-17-6-4-5-13-26-17/h2-15H,1H3,(H,27,31)(H,28,29)/b12-9+. The lowest BCUT2D eigenvalue weighted by atomic mass is 10.2. The number of hydrogen-bond acceptors (Lipinski definition) is 6. The number of aromatic amines is 1.